The lowest BCUT2D eigenvalue weighted by atomic mass is 9.94. The van der Waals surface area contributed by atoms with Gasteiger partial charge in [0.2, 0.25) is 5.95 Å². The quantitative estimate of drug-likeness (QED) is 0.704. The van der Waals surface area contributed by atoms with E-state index in [0.717, 1.165) is 35.4 Å². The first kappa shape index (κ1) is 17.0. The van der Waals surface area contributed by atoms with Crippen LogP contribution in [-0.2, 0) is 0 Å². The summed E-state index contributed by atoms with van der Waals surface area (Å²) in [4.78, 5) is 9.36. The molecule has 1 N–H and O–H groups in total. The molecule has 0 bridgehead atoms. The van der Waals surface area contributed by atoms with Crippen molar-refractivity contribution in [3.63, 3.8) is 0 Å². The Morgan fingerprint density at radius 1 is 1.12 bits per heavy atom. The summed E-state index contributed by atoms with van der Waals surface area (Å²) < 4.78 is 1.87. The van der Waals surface area contributed by atoms with E-state index in [1.807, 2.05) is 17.6 Å². The zero-order valence-corrected chi connectivity index (χ0v) is 16.3. The monoisotopic (exact) mass is 349 g/mol. The number of hydrogen-bond donors (Lipinski definition) is 1. The first-order valence-electron chi connectivity index (χ1n) is 9.55. The molecule has 0 radical (unpaired) electrons. The highest BCUT2D eigenvalue weighted by Gasteiger charge is 2.33. The Balaban J connectivity index is 1.80. The van der Waals surface area contributed by atoms with Crippen molar-refractivity contribution in [3.05, 3.63) is 46.4 Å². The zero-order chi connectivity index (χ0) is 18.4. The molecule has 1 fully saturated rings. The number of nitrogens with zero attached hydrogens (tertiary/aromatic N) is 4. The van der Waals surface area contributed by atoms with E-state index < -0.39 is 0 Å². The van der Waals surface area contributed by atoms with Gasteiger partial charge in [-0.3, -0.25) is 0 Å². The van der Waals surface area contributed by atoms with E-state index in [4.69, 9.17) is 4.98 Å². The number of anilines is 2. The topological polar surface area (TPSA) is 55.1 Å². The van der Waals surface area contributed by atoms with E-state index in [1.54, 1.807) is 0 Å². The van der Waals surface area contributed by atoms with Crippen molar-refractivity contribution in [2.24, 2.45) is 5.92 Å². The summed E-state index contributed by atoms with van der Waals surface area (Å²) >= 11 is 0. The van der Waals surface area contributed by atoms with Gasteiger partial charge in [0.1, 0.15) is 5.82 Å². The molecule has 136 valence electrons. The number of hydrogen-bond acceptors (Lipinski definition) is 4. The van der Waals surface area contributed by atoms with Crippen LogP contribution in [0.4, 0.5) is 11.6 Å². The molecule has 2 heterocycles. The number of nitrogens with one attached hydrogen (secondary N) is 1. The maximum Gasteiger partial charge on any atom is 0.232 e. The molecule has 1 aromatic carbocycles. The third kappa shape index (κ3) is 2.96. The van der Waals surface area contributed by atoms with Crippen molar-refractivity contribution in [3.8, 4) is 0 Å². The minimum atomic E-state index is 0.553. The van der Waals surface area contributed by atoms with Gasteiger partial charge in [-0.25, -0.2) is 4.98 Å². The molecule has 1 saturated carbocycles. The van der Waals surface area contributed by atoms with Crippen molar-refractivity contribution in [2.75, 3.05) is 5.32 Å². The van der Waals surface area contributed by atoms with Crippen molar-refractivity contribution in [2.45, 2.75) is 59.8 Å². The fourth-order valence-corrected chi connectivity index (χ4v) is 4.14. The largest absolute Gasteiger partial charge is 0.324 e. The van der Waals surface area contributed by atoms with Gasteiger partial charge >= 0.3 is 0 Å². The van der Waals surface area contributed by atoms with Gasteiger partial charge in [0.15, 0.2) is 5.65 Å². The third-order valence-electron chi connectivity index (χ3n) is 5.45. The molecule has 0 saturated heterocycles. The predicted octanol–water partition coefficient (Wildman–Crippen LogP) is 5.01. The standard InChI is InChI=1S/C21H27N5/c1-6-17(16-7-8-16)18-11-22-26-20(18)23-15(5)24-21(26)25-19-13(3)9-12(2)10-14(19)4/h9-11,16-17H,6-8H2,1-5H3,(H,23,24,25). The number of fused-ring (bicyclic) bond motifs is 1. The Labute approximate surface area is 154 Å². The van der Waals surface area contributed by atoms with Crippen LogP contribution in [0.5, 0.6) is 0 Å². The Morgan fingerprint density at radius 2 is 1.81 bits per heavy atom. The molecule has 0 spiro atoms. The fraction of sp³-hybridized carbons (Fsp3) is 0.476. The van der Waals surface area contributed by atoms with Crippen LogP contribution < -0.4 is 5.32 Å². The molecular formula is C21H27N5. The molecule has 1 unspecified atom stereocenters. The van der Waals surface area contributed by atoms with E-state index in [9.17, 15) is 0 Å². The van der Waals surface area contributed by atoms with E-state index in [2.05, 4.69) is 55.2 Å². The Bertz CT molecular complexity index is 945. The molecule has 4 rings (SSSR count). The van der Waals surface area contributed by atoms with Crippen LogP contribution in [0, 0.1) is 33.6 Å². The van der Waals surface area contributed by atoms with E-state index in [0.29, 0.717) is 5.92 Å². The predicted molar refractivity (Wildman–Crippen MR) is 105 cm³/mol. The molecule has 5 heteroatoms. The molecule has 1 aliphatic rings. The van der Waals surface area contributed by atoms with Crippen LogP contribution in [0.2, 0.25) is 0 Å². The number of benzene rings is 1. The first-order chi connectivity index (χ1) is 12.5. The summed E-state index contributed by atoms with van der Waals surface area (Å²) in [6, 6.07) is 4.38. The summed E-state index contributed by atoms with van der Waals surface area (Å²) in [6.45, 7) is 10.6. The zero-order valence-electron chi connectivity index (χ0n) is 16.3. The minimum absolute atomic E-state index is 0.553. The lowest BCUT2D eigenvalue weighted by Gasteiger charge is -2.15. The van der Waals surface area contributed by atoms with E-state index in [1.165, 1.54) is 35.1 Å². The van der Waals surface area contributed by atoms with Gasteiger partial charge in [-0.1, -0.05) is 24.6 Å². The second kappa shape index (κ2) is 6.38. The number of aromatic nitrogens is 4. The summed E-state index contributed by atoms with van der Waals surface area (Å²) in [5.41, 5.74) is 7.00. The molecule has 3 aromatic rings. The van der Waals surface area contributed by atoms with Crippen LogP contribution in [0.3, 0.4) is 0 Å². The smallest absolute Gasteiger partial charge is 0.232 e. The lowest BCUT2D eigenvalue weighted by Crippen LogP contribution is -2.09. The molecule has 1 aliphatic carbocycles. The van der Waals surface area contributed by atoms with Gasteiger partial charge in [-0.05, 0) is 69.9 Å². The van der Waals surface area contributed by atoms with Gasteiger partial charge in [0.25, 0.3) is 0 Å². The number of rotatable bonds is 5. The van der Waals surface area contributed by atoms with Crippen LogP contribution in [0.1, 0.15) is 60.2 Å². The SMILES string of the molecule is CCC(c1cnn2c(Nc3c(C)cc(C)cc3C)nc(C)nc12)C1CC1. The van der Waals surface area contributed by atoms with Gasteiger partial charge in [0, 0.05) is 11.3 Å². The first-order valence-corrected chi connectivity index (χ1v) is 9.55. The third-order valence-corrected chi connectivity index (χ3v) is 5.45. The maximum absolute atomic E-state index is 4.73. The summed E-state index contributed by atoms with van der Waals surface area (Å²) in [6.07, 6.45) is 5.78. The number of aryl methyl sites for hydroxylation is 4. The van der Waals surface area contributed by atoms with Crippen LogP contribution in [-0.4, -0.2) is 19.6 Å². The van der Waals surface area contributed by atoms with Crippen LogP contribution in [0.15, 0.2) is 18.3 Å². The molecule has 5 nitrogen and oxygen atoms in total. The van der Waals surface area contributed by atoms with Crippen molar-refractivity contribution < 1.29 is 0 Å². The molecule has 0 aliphatic heterocycles. The van der Waals surface area contributed by atoms with Crippen molar-refractivity contribution in [1.82, 2.24) is 19.6 Å². The average Bonchev–Trinajstić information content (AvgIpc) is 3.32. The normalized spacial score (nSPS) is 15.4. The highest BCUT2D eigenvalue weighted by molar-refractivity contribution is 5.65. The van der Waals surface area contributed by atoms with E-state index in [-0.39, 0.29) is 0 Å². The Kier molecular flexibility index (Phi) is 4.17. The van der Waals surface area contributed by atoms with Gasteiger partial charge < -0.3 is 5.32 Å². The molecule has 2 aromatic heterocycles. The van der Waals surface area contributed by atoms with Gasteiger partial charge in [0.05, 0.1) is 6.20 Å². The van der Waals surface area contributed by atoms with Gasteiger partial charge in [-0.2, -0.15) is 14.6 Å². The van der Waals surface area contributed by atoms with Crippen molar-refractivity contribution in [1.29, 1.82) is 0 Å². The minimum Gasteiger partial charge on any atom is -0.324 e. The van der Waals surface area contributed by atoms with Gasteiger partial charge in [-0.15, -0.1) is 0 Å². The molecule has 26 heavy (non-hydrogen) atoms. The average molecular weight is 349 g/mol. The maximum atomic E-state index is 4.73. The molecule has 1 atom stereocenters. The lowest BCUT2D eigenvalue weighted by molar-refractivity contribution is 0.589. The molecular weight excluding hydrogens is 322 g/mol. The van der Waals surface area contributed by atoms with E-state index >= 15 is 0 Å². The van der Waals surface area contributed by atoms with Crippen LogP contribution in [0.25, 0.3) is 5.65 Å². The summed E-state index contributed by atoms with van der Waals surface area (Å²) in [5, 5.41) is 8.16. The molecule has 0 amide bonds. The Hall–Kier alpha value is -2.43. The second-order valence-corrected chi connectivity index (χ2v) is 7.68. The van der Waals surface area contributed by atoms with Crippen molar-refractivity contribution >= 4 is 17.3 Å². The summed E-state index contributed by atoms with van der Waals surface area (Å²) in [5.74, 6) is 2.85. The van der Waals surface area contributed by atoms with Crippen LogP contribution >= 0.6 is 0 Å². The second-order valence-electron chi connectivity index (χ2n) is 7.68. The Morgan fingerprint density at radius 3 is 2.42 bits per heavy atom. The highest BCUT2D eigenvalue weighted by Crippen LogP contribution is 2.45. The summed E-state index contributed by atoms with van der Waals surface area (Å²) in [7, 11) is 0. The highest BCUT2D eigenvalue weighted by atomic mass is 15.3. The fourth-order valence-electron chi connectivity index (χ4n) is 4.14.